The summed E-state index contributed by atoms with van der Waals surface area (Å²) in [5, 5.41) is 1.15. The minimum absolute atomic E-state index is 0.527. The molecule has 0 saturated heterocycles. The van der Waals surface area contributed by atoms with E-state index >= 15 is 0 Å². The number of ether oxygens (including phenoxy) is 1. The quantitative estimate of drug-likeness (QED) is 0.527. The maximum Gasteiger partial charge on any atom is 0.0593 e. The first-order chi connectivity index (χ1) is 7.72. The summed E-state index contributed by atoms with van der Waals surface area (Å²) in [6, 6.07) is 0. The number of likely N-dealkylation sites (N-methyl/N-ethyl adjacent to an activating group) is 1. The van der Waals surface area contributed by atoms with Gasteiger partial charge in [-0.25, -0.2) is 0 Å². The van der Waals surface area contributed by atoms with Crippen molar-refractivity contribution < 1.29 is 4.74 Å². The first kappa shape index (κ1) is 14.5. The maximum atomic E-state index is 5.41. The van der Waals surface area contributed by atoms with E-state index in [2.05, 4.69) is 34.8 Å². The first-order valence-electron chi connectivity index (χ1n) is 6.55. The van der Waals surface area contributed by atoms with Gasteiger partial charge in [0.15, 0.2) is 0 Å². The lowest BCUT2D eigenvalue weighted by Crippen LogP contribution is -2.39. The molecule has 0 aliphatic heterocycles. The van der Waals surface area contributed by atoms with Crippen LogP contribution in [-0.2, 0) is 4.74 Å². The van der Waals surface area contributed by atoms with Crippen molar-refractivity contribution >= 4 is 15.9 Å². The van der Waals surface area contributed by atoms with Crippen LogP contribution in [0.15, 0.2) is 0 Å². The molecule has 1 aliphatic rings. The fourth-order valence-electron chi connectivity index (χ4n) is 2.65. The summed E-state index contributed by atoms with van der Waals surface area (Å²) in [6.45, 7) is 6.03. The van der Waals surface area contributed by atoms with E-state index in [0.29, 0.717) is 5.41 Å². The van der Waals surface area contributed by atoms with E-state index in [0.717, 1.165) is 25.1 Å². The average molecular weight is 292 g/mol. The molecule has 0 spiro atoms. The van der Waals surface area contributed by atoms with E-state index in [1.165, 1.54) is 38.6 Å². The highest BCUT2D eigenvalue weighted by molar-refractivity contribution is 9.09. The van der Waals surface area contributed by atoms with Gasteiger partial charge in [0, 0.05) is 25.0 Å². The molecule has 1 rings (SSSR count). The number of rotatable bonds is 7. The second kappa shape index (κ2) is 7.67. The molecular formula is C13H26BrNO. The zero-order chi connectivity index (χ0) is 11.9. The molecule has 16 heavy (non-hydrogen) atoms. The summed E-state index contributed by atoms with van der Waals surface area (Å²) in [5.41, 5.74) is 0.527. The standard InChI is InChI=1S/C13H26BrNO/c1-3-16-10-9-15(2)12-13(11-14)7-5-4-6-8-13/h3-12H2,1-2H3. The lowest BCUT2D eigenvalue weighted by atomic mass is 9.75. The second-order valence-electron chi connectivity index (χ2n) is 5.13. The van der Waals surface area contributed by atoms with Crippen molar-refractivity contribution in [2.24, 2.45) is 5.41 Å². The van der Waals surface area contributed by atoms with Crippen LogP contribution in [0.25, 0.3) is 0 Å². The Balaban J connectivity index is 2.30. The van der Waals surface area contributed by atoms with Crippen molar-refractivity contribution in [1.29, 1.82) is 0 Å². The van der Waals surface area contributed by atoms with Crippen LogP contribution in [0.5, 0.6) is 0 Å². The smallest absolute Gasteiger partial charge is 0.0593 e. The van der Waals surface area contributed by atoms with Gasteiger partial charge >= 0.3 is 0 Å². The highest BCUT2D eigenvalue weighted by atomic mass is 79.9. The summed E-state index contributed by atoms with van der Waals surface area (Å²) in [5.74, 6) is 0. The number of nitrogens with zero attached hydrogens (tertiary/aromatic N) is 1. The first-order valence-corrected chi connectivity index (χ1v) is 7.67. The molecule has 0 N–H and O–H groups in total. The summed E-state index contributed by atoms with van der Waals surface area (Å²) >= 11 is 3.72. The Morgan fingerprint density at radius 3 is 2.50 bits per heavy atom. The molecule has 0 bridgehead atoms. The lowest BCUT2D eigenvalue weighted by molar-refractivity contribution is 0.0927. The molecule has 0 aromatic carbocycles. The van der Waals surface area contributed by atoms with E-state index in [-0.39, 0.29) is 0 Å². The minimum Gasteiger partial charge on any atom is -0.380 e. The van der Waals surface area contributed by atoms with Crippen molar-refractivity contribution in [2.75, 3.05) is 38.7 Å². The molecule has 1 saturated carbocycles. The van der Waals surface area contributed by atoms with Crippen molar-refractivity contribution in [3.05, 3.63) is 0 Å². The van der Waals surface area contributed by atoms with Crippen LogP contribution in [0.1, 0.15) is 39.0 Å². The number of halogens is 1. The van der Waals surface area contributed by atoms with Gasteiger partial charge in [-0.2, -0.15) is 0 Å². The molecule has 1 fully saturated rings. The molecule has 96 valence electrons. The van der Waals surface area contributed by atoms with E-state index in [9.17, 15) is 0 Å². The Morgan fingerprint density at radius 2 is 1.94 bits per heavy atom. The third-order valence-corrected chi connectivity index (χ3v) is 4.81. The Hall–Kier alpha value is 0.400. The van der Waals surface area contributed by atoms with E-state index < -0.39 is 0 Å². The largest absolute Gasteiger partial charge is 0.380 e. The Labute approximate surface area is 109 Å². The minimum atomic E-state index is 0.527. The molecule has 0 radical (unpaired) electrons. The zero-order valence-electron chi connectivity index (χ0n) is 10.8. The Morgan fingerprint density at radius 1 is 1.25 bits per heavy atom. The molecule has 2 nitrogen and oxygen atoms in total. The van der Waals surface area contributed by atoms with Crippen molar-refractivity contribution in [3.63, 3.8) is 0 Å². The highest BCUT2D eigenvalue weighted by Gasteiger charge is 2.31. The van der Waals surface area contributed by atoms with E-state index in [1.54, 1.807) is 0 Å². The zero-order valence-corrected chi connectivity index (χ0v) is 12.4. The van der Waals surface area contributed by atoms with Gasteiger partial charge in [0.1, 0.15) is 0 Å². The van der Waals surface area contributed by atoms with Gasteiger partial charge in [-0.15, -0.1) is 0 Å². The van der Waals surface area contributed by atoms with Gasteiger partial charge in [-0.05, 0) is 32.2 Å². The van der Waals surface area contributed by atoms with Gasteiger partial charge in [-0.1, -0.05) is 35.2 Å². The summed E-state index contributed by atoms with van der Waals surface area (Å²) in [4.78, 5) is 2.43. The fraction of sp³-hybridized carbons (Fsp3) is 1.00. The van der Waals surface area contributed by atoms with Gasteiger partial charge < -0.3 is 9.64 Å². The molecular weight excluding hydrogens is 266 g/mol. The van der Waals surface area contributed by atoms with Gasteiger partial charge in [0.2, 0.25) is 0 Å². The molecule has 1 aliphatic carbocycles. The van der Waals surface area contributed by atoms with Crippen LogP contribution in [-0.4, -0.2) is 43.6 Å². The summed E-state index contributed by atoms with van der Waals surface area (Å²) in [6.07, 6.45) is 7.02. The molecule has 0 heterocycles. The predicted octanol–water partition coefficient (Wildman–Crippen LogP) is 3.30. The normalized spacial score (nSPS) is 20.2. The average Bonchev–Trinajstić information content (AvgIpc) is 2.30. The van der Waals surface area contributed by atoms with Crippen LogP contribution in [0.4, 0.5) is 0 Å². The molecule has 0 atom stereocenters. The number of hydrogen-bond donors (Lipinski definition) is 0. The third-order valence-electron chi connectivity index (χ3n) is 3.62. The third kappa shape index (κ3) is 4.72. The maximum absolute atomic E-state index is 5.41. The molecule has 0 aromatic rings. The fourth-order valence-corrected chi connectivity index (χ4v) is 3.39. The summed E-state index contributed by atoms with van der Waals surface area (Å²) < 4.78 is 5.41. The molecule has 0 unspecified atom stereocenters. The van der Waals surface area contributed by atoms with Gasteiger partial charge in [0.25, 0.3) is 0 Å². The predicted molar refractivity (Wildman–Crippen MR) is 73.3 cm³/mol. The topological polar surface area (TPSA) is 12.5 Å². The molecule has 0 amide bonds. The monoisotopic (exact) mass is 291 g/mol. The highest BCUT2D eigenvalue weighted by Crippen LogP contribution is 2.38. The Kier molecular flexibility index (Phi) is 6.94. The number of hydrogen-bond acceptors (Lipinski definition) is 2. The van der Waals surface area contributed by atoms with Crippen LogP contribution < -0.4 is 0 Å². The van der Waals surface area contributed by atoms with Crippen LogP contribution in [0.2, 0.25) is 0 Å². The van der Waals surface area contributed by atoms with Crippen LogP contribution in [0.3, 0.4) is 0 Å². The number of alkyl halides is 1. The molecule has 3 heteroatoms. The van der Waals surface area contributed by atoms with E-state index in [4.69, 9.17) is 4.74 Å². The molecule has 0 aromatic heterocycles. The van der Waals surface area contributed by atoms with E-state index in [1.807, 2.05) is 0 Å². The van der Waals surface area contributed by atoms with Crippen molar-refractivity contribution in [1.82, 2.24) is 4.90 Å². The van der Waals surface area contributed by atoms with Gasteiger partial charge in [0.05, 0.1) is 6.61 Å². The Bertz CT molecular complexity index is 181. The van der Waals surface area contributed by atoms with Gasteiger partial charge in [-0.3, -0.25) is 0 Å². The second-order valence-corrected chi connectivity index (χ2v) is 5.69. The lowest BCUT2D eigenvalue weighted by Gasteiger charge is -2.39. The van der Waals surface area contributed by atoms with Crippen LogP contribution >= 0.6 is 15.9 Å². The van der Waals surface area contributed by atoms with Crippen molar-refractivity contribution in [3.8, 4) is 0 Å². The van der Waals surface area contributed by atoms with Crippen molar-refractivity contribution in [2.45, 2.75) is 39.0 Å². The SMILES string of the molecule is CCOCCN(C)CC1(CBr)CCCCC1. The van der Waals surface area contributed by atoms with Crippen LogP contribution in [0, 0.1) is 5.41 Å². The summed E-state index contributed by atoms with van der Waals surface area (Å²) in [7, 11) is 2.22.